The summed E-state index contributed by atoms with van der Waals surface area (Å²) in [6.45, 7) is 0. The number of alkyl halides is 5. The van der Waals surface area contributed by atoms with E-state index in [1.165, 1.54) is 6.07 Å². The Balaban J connectivity index is 1.82. The molecule has 0 unspecified atom stereocenters. The van der Waals surface area contributed by atoms with E-state index in [-0.39, 0.29) is 28.6 Å². The molecule has 1 amide bonds. The lowest BCUT2D eigenvalue weighted by molar-refractivity contribution is -0.141. The van der Waals surface area contributed by atoms with Gasteiger partial charge in [-0.25, -0.2) is 13.8 Å². The summed E-state index contributed by atoms with van der Waals surface area (Å²) in [6.07, 6.45) is -2.38. The second-order valence-corrected chi connectivity index (χ2v) is 8.07. The van der Waals surface area contributed by atoms with Gasteiger partial charge in [-0.3, -0.25) is 9.48 Å². The summed E-state index contributed by atoms with van der Waals surface area (Å²) in [4.78, 5) is 26.1. The number of hydrogen-bond acceptors (Lipinski definition) is 4. The van der Waals surface area contributed by atoms with Crippen LogP contribution in [0.5, 0.6) is 0 Å². The molecule has 1 aromatic carbocycles. The maximum absolute atomic E-state index is 13.9. The number of aldehydes is 1. The molecule has 1 saturated carbocycles. The van der Waals surface area contributed by atoms with Crippen LogP contribution in [-0.4, -0.2) is 27.0 Å². The number of nitrogens with two attached hydrogens (primary N) is 1. The monoisotopic (exact) mass is 466 g/mol. The molecule has 33 heavy (non-hydrogen) atoms. The molecule has 2 N–H and O–H groups in total. The SMILES string of the molecule is NC(=O)c1nc(C(F)(F)F)ccc1-c1cc2cn(C3CCC(C=O)CC3)nc2cc1C(F)F. The van der Waals surface area contributed by atoms with Crippen molar-refractivity contribution in [2.24, 2.45) is 11.7 Å². The molecule has 0 saturated heterocycles. The van der Waals surface area contributed by atoms with Gasteiger partial charge in [0.15, 0.2) is 0 Å². The highest BCUT2D eigenvalue weighted by Gasteiger charge is 2.34. The van der Waals surface area contributed by atoms with Crippen LogP contribution in [0.15, 0.2) is 30.5 Å². The Kier molecular flexibility index (Phi) is 5.89. The van der Waals surface area contributed by atoms with Crippen molar-refractivity contribution in [2.45, 2.75) is 44.3 Å². The average Bonchev–Trinajstić information content (AvgIpc) is 3.20. The van der Waals surface area contributed by atoms with Gasteiger partial charge >= 0.3 is 6.18 Å². The van der Waals surface area contributed by atoms with Crippen LogP contribution < -0.4 is 5.73 Å². The maximum Gasteiger partial charge on any atom is 0.433 e. The molecule has 3 aromatic rings. The molecule has 6 nitrogen and oxygen atoms in total. The summed E-state index contributed by atoms with van der Waals surface area (Å²) in [5.41, 5.74) is 2.56. The van der Waals surface area contributed by atoms with Gasteiger partial charge < -0.3 is 10.5 Å². The number of halogens is 5. The van der Waals surface area contributed by atoms with Gasteiger partial charge in [0.25, 0.3) is 12.3 Å². The number of pyridine rings is 1. The van der Waals surface area contributed by atoms with E-state index < -0.39 is 35.5 Å². The van der Waals surface area contributed by atoms with E-state index >= 15 is 0 Å². The van der Waals surface area contributed by atoms with E-state index in [1.807, 2.05) is 0 Å². The summed E-state index contributed by atoms with van der Waals surface area (Å²) in [6, 6.07) is 4.06. The number of hydrogen-bond donors (Lipinski definition) is 1. The Morgan fingerprint density at radius 1 is 1.12 bits per heavy atom. The van der Waals surface area contributed by atoms with Crippen LogP contribution in [0.2, 0.25) is 0 Å². The third kappa shape index (κ3) is 4.44. The smallest absolute Gasteiger partial charge is 0.364 e. The van der Waals surface area contributed by atoms with Crippen molar-refractivity contribution >= 4 is 23.1 Å². The summed E-state index contributed by atoms with van der Waals surface area (Å²) < 4.78 is 68.6. The van der Waals surface area contributed by atoms with Gasteiger partial charge in [-0.1, -0.05) is 0 Å². The minimum atomic E-state index is -4.83. The third-order valence-corrected chi connectivity index (χ3v) is 5.95. The molecule has 1 aliphatic carbocycles. The molecule has 0 spiro atoms. The predicted octanol–water partition coefficient (Wildman–Crippen LogP) is 5.08. The molecule has 4 rings (SSSR count). The van der Waals surface area contributed by atoms with Gasteiger partial charge in [0.05, 0.1) is 11.6 Å². The number of carbonyl (C=O) groups is 2. The molecular weight excluding hydrogens is 447 g/mol. The van der Waals surface area contributed by atoms with Crippen molar-refractivity contribution in [3.8, 4) is 11.1 Å². The maximum atomic E-state index is 13.9. The number of benzene rings is 1. The predicted molar refractivity (Wildman–Crippen MR) is 108 cm³/mol. The Morgan fingerprint density at radius 3 is 2.39 bits per heavy atom. The first-order valence-electron chi connectivity index (χ1n) is 10.2. The molecule has 1 fully saturated rings. The largest absolute Gasteiger partial charge is 0.433 e. The number of fused-ring (bicyclic) bond motifs is 1. The quantitative estimate of drug-likeness (QED) is 0.419. The normalized spacial score (nSPS) is 19.2. The van der Waals surface area contributed by atoms with E-state index in [4.69, 9.17) is 5.73 Å². The Bertz CT molecular complexity index is 1210. The third-order valence-electron chi connectivity index (χ3n) is 5.95. The molecule has 11 heteroatoms. The molecule has 2 heterocycles. The van der Waals surface area contributed by atoms with Crippen molar-refractivity contribution in [2.75, 3.05) is 0 Å². The number of carbonyl (C=O) groups excluding carboxylic acids is 2. The summed E-state index contributed by atoms with van der Waals surface area (Å²) >= 11 is 0. The number of amides is 1. The molecule has 0 radical (unpaired) electrons. The first-order chi connectivity index (χ1) is 15.6. The minimum absolute atomic E-state index is 0.000895. The second kappa shape index (κ2) is 8.53. The number of aromatic nitrogens is 3. The molecule has 0 bridgehead atoms. The molecule has 0 aliphatic heterocycles. The number of nitrogens with zero attached hydrogens (tertiary/aromatic N) is 3. The Labute approximate surface area is 184 Å². The van der Waals surface area contributed by atoms with Crippen LogP contribution in [0.1, 0.15) is 59.9 Å². The van der Waals surface area contributed by atoms with Crippen LogP contribution >= 0.6 is 0 Å². The zero-order valence-electron chi connectivity index (χ0n) is 17.1. The van der Waals surface area contributed by atoms with E-state index in [1.54, 1.807) is 10.9 Å². The van der Waals surface area contributed by atoms with Crippen molar-refractivity contribution < 1.29 is 31.5 Å². The van der Waals surface area contributed by atoms with Crippen LogP contribution in [0.4, 0.5) is 22.0 Å². The topological polar surface area (TPSA) is 90.9 Å². The summed E-state index contributed by atoms with van der Waals surface area (Å²) in [7, 11) is 0. The van der Waals surface area contributed by atoms with Gasteiger partial charge in [-0.15, -0.1) is 0 Å². The lowest BCUT2D eigenvalue weighted by Gasteiger charge is -2.25. The Hall–Kier alpha value is -3.37. The molecular formula is C22H19F5N4O2. The highest BCUT2D eigenvalue weighted by Crippen LogP contribution is 2.38. The van der Waals surface area contributed by atoms with Crippen molar-refractivity contribution in [1.82, 2.24) is 14.8 Å². The first-order valence-corrected chi connectivity index (χ1v) is 10.2. The van der Waals surface area contributed by atoms with Crippen LogP contribution in [0.3, 0.4) is 0 Å². The van der Waals surface area contributed by atoms with Gasteiger partial charge in [-0.2, -0.15) is 18.3 Å². The van der Waals surface area contributed by atoms with Gasteiger partial charge in [0.2, 0.25) is 0 Å². The zero-order valence-corrected chi connectivity index (χ0v) is 17.1. The van der Waals surface area contributed by atoms with Crippen LogP contribution in [0.25, 0.3) is 22.0 Å². The minimum Gasteiger partial charge on any atom is -0.364 e. The lowest BCUT2D eigenvalue weighted by atomic mass is 9.87. The number of primary amides is 1. The lowest BCUT2D eigenvalue weighted by Crippen LogP contribution is -2.19. The van der Waals surface area contributed by atoms with Crippen molar-refractivity contribution in [1.29, 1.82) is 0 Å². The van der Waals surface area contributed by atoms with Crippen molar-refractivity contribution in [3.05, 3.63) is 47.4 Å². The van der Waals surface area contributed by atoms with E-state index in [2.05, 4.69) is 10.1 Å². The molecule has 174 valence electrons. The molecule has 2 aromatic heterocycles. The van der Waals surface area contributed by atoms with E-state index in [0.29, 0.717) is 37.1 Å². The summed E-state index contributed by atoms with van der Waals surface area (Å²) in [5, 5.41) is 4.88. The average molecular weight is 466 g/mol. The van der Waals surface area contributed by atoms with Crippen LogP contribution in [0, 0.1) is 5.92 Å². The zero-order chi connectivity index (χ0) is 23.9. The standard InChI is InChI=1S/C22H19F5N4O2/c23-20(24)16-8-17-12(9-31(30-17)13-3-1-11(10-32)2-4-13)7-15(16)14-5-6-18(22(25,26)27)29-19(14)21(28)33/h5-11,13,20H,1-4H2,(H2,28,33). The van der Waals surface area contributed by atoms with Gasteiger partial charge in [-0.05, 0) is 55.5 Å². The van der Waals surface area contributed by atoms with Crippen LogP contribution in [-0.2, 0) is 11.0 Å². The van der Waals surface area contributed by atoms with E-state index in [9.17, 15) is 31.5 Å². The summed E-state index contributed by atoms with van der Waals surface area (Å²) in [5.74, 6) is -1.26. The molecule has 1 aliphatic rings. The highest BCUT2D eigenvalue weighted by molar-refractivity contribution is 5.99. The fourth-order valence-electron chi connectivity index (χ4n) is 4.23. The Morgan fingerprint density at radius 2 is 1.82 bits per heavy atom. The van der Waals surface area contributed by atoms with E-state index in [0.717, 1.165) is 18.4 Å². The van der Waals surface area contributed by atoms with Gasteiger partial charge in [0.1, 0.15) is 17.7 Å². The fourth-order valence-corrected chi connectivity index (χ4v) is 4.23. The highest BCUT2D eigenvalue weighted by atomic mass is 19.4. The van der Waals surface area contributed by atoms with Crippen molar-refractivity contribution in [3.63, 3.8) is 0 Å². The number of rotatable bonds is 5. The first kappa shape index (κ1) is 22.8. The fraction of sp³-hybridized carbons (Fsp3) is 0.364. The van der Waals surface area contributed by atoms with Gasteiger partial charge in [0, 0.05) is 28.6 Å². The molecule has 0 atom stereocenters. The second-order valence-electron chi connectivity index (χ2n) is 8.07.